The Balaban J connectivity index is 1.42. The van der Waals surface area contributed by atoms with Crippen LogP contribution < -0.4 is 10.1 Å². The van der Waals surface area contributed by atoms with Crippen molar-refractivity contribution >= 4 is 34.1 Å². The van der Waals surface area contributed by atoms with Crippen molar-refractivity contribution in [2.75, 3.05) is 18.9 Å². The van der Waals surface area contributed by atoms with Crippen molar-refractivity contribution < 1.29 is 13.9 Å². The van der Waals surface area contributed by atoms with E-state index >= 15 is 0 Å². The van der Waals surface area contributed by atoms with Crippen LogP contribution in [0.25, 0.3) is 10.8 Å². The van der Waals surface area contributed by atoms with Gasteiger partial charge in [-0.25, -0.2) is 19.2 Å². The van der Waals surface area contributed by atoms with Gasteiger partial charge in [0.25, 0.3) is 0 Å². The number of pyridine rings is 1. The van der Waals surface area contributed by atoms with Crippen LogP contribution in [0, 0.1) is 5.82 Å². The second-order valence-electron chi connectivity index (χ2n) is 7.49. The fourth-order valence-electron chi connectivity index (χ4n) is 3.30. The molecule has 2 aromatic carbocycles. The number of hydrogen-bond donors (Lipinski definition) is 1. The molecule has 10 heteroatoms. The molecule has 2 aromatic heterocycles. The summed E-state index contributed by atoms with van der Waals surface area (Å²) in [6, 6.07) is 11.5. The molecular formula is C23H22ClFN6O2. The molecule has 2 amide bonds. The van der Waals surface area contributed by atoms with Crippen LogP contribution in [0.2, 0.25) is 5.02 Å². The Labute approximate surface area is 195 Å². The molecule has 170 valence electrons. The van der Waals surface area contributed by atoms with Gasteiger partial charge in [0.2, 0.25) is 5.88 Å². The maximum atomic E-state index is 13.3. The smallest absolute Gasteiger partial charge is 0.321 e. The lowest BCUT2D eigenvalue weighted by Crippen LogP contribution is -2.33. The standard InChI is InChI=1S/C23H22ClFN6O2/c1-30(23(32)28-16-7-8-20(25)19(24)11-16)10-9-15-12-26-22(18-6-4-3-5-17(15)18)33-13-21-27-14-31(2)29-21/h3-8,11-12,14H,9-10,13H2,1-2H3,(H,28,32). The highest BCUT2D eigenvalue weighted by Crippen LogP contribution is 2.27. The summed E-state index contributed by atoms with van der Waals surface area (Å²) in [4.78, 5) is 22.7. The van der Waals surface area contributed by atoms with E-state index in [0.29, 0.717) is 30.4 Å². The Morgan fingerprint density at radius 1 is 1.21 bits per heavy atom. The molecule has 0 unspecified atom stereocenters. The van der Waals surface area contributed by atoms with Crippen LogP contribution in [0.1, 0.15) is 11.4 Å². The van der Waals surface area contributed by atoms with Crippen molar-refractivity contribution in [3.8, 4) is 5.88 Å². The number of likely N-dealkylation sites (N-methyl/N-ethyl adjacent to an activating group) is 1. The minimum absolute atomic E-state index is 0.0471. The number of aryl methyl sites for hydroxylation is 1. The maximum absolute atomic E-state index is 13.3. The first-order valence-corrected chi connectivity index (χ1v) is 10.6. The average Bonchev–Trinajstić information content (AvgIpc) is 3.23. The van der Waals surface area contributed by atoms with E-state index in [1.165, 1.54) is 18.2 Å². The zero-order chi connectivity index (χ0) is 23.4. The lowest BCUT2D eigenvalue weighted by molar-refractivity contribution is 0.223. The third kappa shape index (κ3) is 5.38. The van der Waals surface area contributed by atoms with Crippen LogP contribution in [0.4, 0.5) is 14.9 Å². The summed E-state index contributed by atoms with van der Waals surface area (Å²) in [6.45, 7) is 0.665. The van der Waals surface area contributed by atoms with Crippen LogP contribution in [0.15, 0.2) is 55.0 Å². The Hall–Kier alpha value is -3.72. The number of nitrogens with zero attached hydrogens (tertiary/aromatic N) is 5. The summed E-state index contributed by atoms with van der Waals surface area (Å²) >= 11 is 5.78. The van der Waals surface area contributed by atoms with Gasteiger partial charge in [0.1, 0.15) is 12.1 Å². The highest BCUT2D eigenvalue weighted by Gasteiger charge is 2.13. The van der Waals surface area contributed by atoms with E-state index in [1.54, 1.807) is 36.2 Å². The van der Waals surface area contributed by atoms with Gasteiger partial charge in [-0.05, 0) is 41.6 Å². The molecule has 0 saturated heterocycles. The number of halogens is 2. The summed E-state index contributed by atoms with van der Waals surface area (Å²) in [7, 11) is 3.48. The number of fused-ring (bicyclic) bond motifs is 1. The number of hydrogen-bond acceptors (Lipinski definition) is 5. The van der Waals surface area contributed by atoms with Crippen molar-refractivity contribution in [1.82, 2.24) is 24.6 Å². The van der Waals surface area contributed by atoms with Crippen molar-refractivity contribution in [3.05, 3.63) is 77.2 Å². The van der Waals surface area contributed by atoms with E-state index in [1.807, 2.05) is 24.3 Å². The van der Waals surface area contributed by atoms with E-state index in [9.17, 15) is 9.18 Å². The summed E-state index contributed by atoms with van der Waals surface area (Å²) in [5.41, 5.74) is 1.41. The number of urea groups is 1. The Morgan fingerprint density at radius 3 is 2.73 bits per heavy atom. The Bertz CT molecular complexity index is 1300. The SMILES string of the molecule is CN(CCc1cnc(OCc2ncn(C)n2)c2ccccc12)C(=O)Nc1ccc(F)c(Cl)c1. The molecule has 33 heavy (non-hydrogen) atoms. The molecule has 4 aromatic rings. The largest absolute Gasteiger partial charge is 0.469 e. The highest BCUT2D eigenvalue weighted by molar-refractivity contribution is 6.31. The van der Waals surface area contributed by atoms with Gasteiger partial charge < -0.3 is 15.0 Å². The van der Waals surface area contributed by atoms with Gasteiger partial charge in [-0.1, -0.05) is 29.8 Å². The zero-order valence-corrected chi connectivity index (χ0v) is 18.9. The molecule has 0 aliphatic rings. The van der Waals surface area contributed by atoms with Gasteiger partial charge in [-0.2, -0.15) is 5.10 Å². The molecule has 2 heterocycles. The number of benzene rings is 2. The molecule has 0 aliphatic heterocycles. The molecule has 0 fully saturated rings. The normalized spacial score (nSPS) is 10.9. The number of carbonyl (C=O) groups is 1. The molecule has 1 N–H and O–H groups in total. The molecule has 0 radical (unpaired) electrons. The fourth-order valence-corrected chi connectivity index (χ4v) is 3.49. The summed E-state index contributed by atoms with van der Waals surface area (Å²) in [6.07, 6.45) is 3.96. The average molecular weight is 469 g/mol. The summed E-state index contributed by atoms with van der Waals surface area (Å²) in [5, 5.41) is 8.75. The second kappa shape index (κ2) is 9.83. The number of rotatable bonds is 7. The van der Waals surface area contributed by atoms with Gasteiger partial charge in [0.15, 0.2) is 12.4 Å². The number of anilines is 1. The van der Waals surface area contributed by atoms with Gasteiger partial charge >= 0.3 is 6.03 Å². The molecule has 8 nitrogen and oxygen atoms in total. The van der Waals surface area contributed by atoms with E-state index in [4.69, 9.17) is 16.3 Å². The number of nitrogens with one attached hydrogen (secondary N) is 1. The predicted molar refractivity (Wildman–Crippen MR) is 124 cm³/mol. The van der Waals surface area contributed by atoms with Crippen LogP contribution in [-0.2, 0) is 20.1 Å². The third-order valence-corrected chi connectivity index (χ3v) is 5.35. The molecule has 4 rings (SSSR count). The first-order chi connectivity index (χ1) is 15.9. The van der Waals surface area contributed by atoms with E-state index in [2.05, 4.69) is 20.4 Å². The monoisotopic (exact) mass is 468 g/mol. The molecular weight excluding hydrogens is 447 g/mol. The summed E-state index contributed by atoms with van der Waals surface area (Å²) < 4.78 is 20.8. The Kier molecular flexibility index (Phi) is 6.69. The fraction of sp³-hybridized carbons (Fsp3) is 0.217. The lowest BCUT2D eigenvalue weighted by atomic mass is 10.0. The molecule has 0 aliphatic carbocycles. The van der Waals surface area contributed by atoms with Gasteiger partial charge in [-0.3, -0.25) is 4.68 Å². The number of ether oxygens (including phenoxy) is 1. The predicted octanol–water partition coefficient (Wildman–Crippen LogP) is 4.44. The summed E-state index contributed by atoms with van der Waals surface area (Å²) in [5.74, 6) is 0.537. The Morgan fingerprint density at radius 2 is 2.00 bits per heavy atom. The minimum atomic E-state index is -0.536. The molecule has 0 saturated carbocycles. The highest BCUT2D eigenvalue weighted by atomic mass is 35.5. The number of aromatic nitrogens is 4. The third-order valence-electron chi connectivity index (χ3n) is 5.06. The van der Waals surface area contributed by atoms with E-state index < -0.39 is 5.82 Å². The van der Waals surface area contributed by atoms with Gasteiger partial charge in [0, 0.05) is 37.9 Å². The van der Waals surface area contributed by atoms with E-state index in [-0.39, 0.29) is 17.7 Å². The zero-order valence-electron chi connectivity index (χ0n) is 18.1. The molecule has 0 spiro atoms. The molecule has 0 bridgehead atoms. The van der Waals surface area contributed by atoms with Gasteiger partial charge in [-0.15, -0.1) is 0 Å². The molecule has 0 atom stereocenters. The second-order valence-corrected chi connectivity index (χ2v) is 7.90. The van der Waals surface area contributed by atoms with Crippen LogP contribution >= 0.6 is 11.6 Å². The van der Waals surface area contributed by atoms with Crippen molar-refractivity contribution in [2.24, 2.45) is 7.05 Å². The quantitative estimate of drug-likeness (QED) is 0.433. The van der Waals surface area contributed by atoms with Crippen LogP contribution in [-0.4, -0.2) is 44.3 Å². The number of amides is 2. The van der Waals surface area contributed by atoms with Crippen molar-refractivity contribution in [1.29, 1.82) is 0 Å². The van der Waals surface area contributed by atoms with Crippen LogP contribution in [0.3, 0.4) is 0 Å². The van der Waals surface area contributed by atoms with E-state index in [0.717, 1.165) is 16.3 Å². The van der Waals surface area contributed by atoms with Crippen molar-refractivity contribution in [3.63, 3.8) is 0 Å². The topological polar surface area (TPSA) is 85.2 Å². The maximum Gasteiger partial charge on any atom is 0.321 e. The van der Waals surface area contributed by atoms with Crippen LogP contribution in [0.5, 0.6) is 5.88 Å². The first kappa shape index (κ1) is 22.5. The number of carbonyl (C=O) groups excluding carboxylic acids is 1. The lowest BCUT2D eigenvalue weighted by Gasteiger charge is -2.19. The first-order valence-electron chi connectivity index (χ1n) is 10.2. The van der Waals surface area contributed by atoms with Crippen molar-refractivity contribution in [2.45, 2.75) is 13.0 Å². The van der Waals surface area contributed by atoms with Gasteiger partial charge in [0.05, 0.1) is 5.02 Å². The minimum Gasteiger partial charge on any atom is -0.469 e.